The van der Waals surface area contributed by atoms with Crippen LogP contribution in [0.1, 0.15) is 11.1 Å². The van der Waals surface area contributed by atoms with Crippen LogP contribution in [0.4, 0.5) is 11.4 Å². The van der Waals surface area contributed by atoms with E-state index in [-0.39, 0.29) is 5.91 Å². The molecular weight excluding hydrogens is 236 g/mol. The molecule has 2 N–H and O–H groups in total. The first-order valence-corrected chi connectivity index (χ1v) is 6.47. The predicted molar refractivity (Wildman–Crippen MR) is 77.1 cm³/mol. The molecule has 0 aromatic heterocycles. The fraction of sp³-hybridized carbons (Fsp3) is 0.188. The fourth-order valence-electron chi connectivity index (χ4n) is 2.55. The van der Waals surface area contributed by atoms with Gasteiger partial charge >= 0.3 is 0 Å². The summed E-state index contributed by atoms with van der Waals surface area (Å²) in [7, 11) is 0. The van der Waals surface area contributed by atoms with E-state index in [1.165, 1.54) is 5.56 Å². The number of nitrogens with two attached hydrogens (primary N) is 1. The van der Waals surface area contributed by atoms with Crippen LogP contribution in [-0.4, -0.2) is 12.5 Å². The van der Waals surface area contributed by atoms with Crippen molar-refractivity contribution in [3.05, 3.63) is 59.7 Å². The Morgan fingerprint density at radius 3 is 2.68 bits per heavy atom. The quantitative estimate of drug-likeness (QED) is 0.834. The molecule has 2 aromatic carbocycles. The third-order valence-corrected chi connectivity index (χ3v) is 3.58. The minimum atomic E-state index is 0.114. The zero-order valence-corrected chi connectivity index (χ0v) is 10.7. The van der Waals surface area contributed by atoms with Crippen molar-refractivity contribution in [2.24, 2.45) is 0 Å². The summed E-state index contributed by atoms with van der Waals surface area (Å²) in [5.74, 6) is 0.114. The highest BCUT2D eigenvalue weighted by Crippen LogP contribution is 2.28. The van der Waals surface area contributed by atoms with Gasteiger partial charge in [-0.3, -0.25) is 4.79 Å². The SMILES string of the molecule is Nc1ccccc1CC(=O)N1CCc2ccccc21. The zero-order valence-electron chi connectivity index (χ0n) is 10.7. The molecule has 3 nitrogen and oxygen atoms in total. The number of carbonyl (C=O) groups excluding carboxylic acids is 1. The number of para-hydroxylation sites is 2. The summed E-state index contributed by atoms with van der Waals surface area (Å²) in [5, 5.41) is 0. The van der Waals surface area contributed by atoms with E-state index >= 15 is 0 Å². The van der Waals surface area contributed by atoms with Gasteiger partial charge in [0.25, 0.3) is 0 Å². The second-order valence-corrected chi connectivity index (χ2v) is 4.80. The Morgan fingerprint density at radius 1 is 1.11 bits per heavy atom. The molecule has 0 spiro atoms. The Balaban J connectivity index is 1.81. The van der Waals surface area contributed by atoms with Gasteiger partial charge in [-0.25, -0.2) is 0 Å². The van der Waals surface area contributed by atoms with Gasteiger partial charge in [-0.1, -0.05) is 36.4 Å². The number of nitrogens with zero attached hydrogens (tertiary/aromatic N) is 1. The van der Waals surface area contributed by atoms with Crippen molar-refractivity contribution >= 4 is 17.3 Å². The van der Waals surface area contributed by atoms with Crippen molar-refractivity contribution in [1.29, 1.82) is 0 Å². The molecule has 0 fully saturated rings. The number of benzene rings is 2. The summed E-state index contributed by atoms with van der Waals surface area (Å²) >= 11 is 0. The van der Waals surface area contributed by atoms with Gasteiger partial charge in [0, 0.05) is 17.9 Å². The van der Waals surface area contributed by atoms with E-state index in [0.29, 0.717) is 12.1 Å². The molecule has 1 aliphatic heterocycles. The molecule has 0 aliphatic carbocycles. The number of rotatable bonds is 2. The van der Waals surface area contributed by atoms with Crippen LogP contribution in [0.2, 0.25) is 0 Å². The van der Waals surface area contributed by atoms with Crippen LogP contribution in [0.5, 0.6) is 0 Å². The van der Waals surface area contributed by atoms with Gasteiger partial charge in [0.05, 0.1) is 6.42 Å². The Bertz CT molecular complexity index is 622. The Hall–Kier alpha value is -2.29. The lowest BCUT2D eigenvalue weighted by molar-refractivity contribution is -0.117. The molecule has 0 atom stereocenters. The molecule has 2 aromatic rings. The summed E-state index contributed by atoms with van der Waals surface area (Å²) < 4.78 is 0. The summed E-state index contributed by atoms with van der Waals surface area (Å²) in [6.07, 6.45) is 1.30. The van der Waals surface area contributed by atoms with E-state index < -0.39 is 0 Å². The summed E-state index contributed by atoms with van der Waals surface area (Å²) in [5.41, 5.74) is 9.77. The van der Waals surface area contributed by atoms with Crippen molar-refractivity contribution in [3.8, 4) is 0 Å². The first-order chi connectivity index (χ1) is 9.25. The minimum Gasteiger partial charge on any atom is -0.398 e. The van der Waals surface area contributed by atoms with E-state index in [0.717, 1.165) is 24.2 Å². The minimum absolute atomic E-state index is 0.114. The highest BCUT2D eigenvalue weighted by atomic mass is 16.2. The van der Waals surface area contributed by atoms with Gasteiger partial charge in [-0.05, 0) is 29.7 Å². The van der Waals surface area contributed by atoms with Crippen molar-refractivity contribution in [2.45, 2.75) is 12.8 Å². The first kappa shape index (κ1) is 11.8. The van der Waals surface area contributed by atoms with Crippen molar-refractivity contribution in [1.82, 2.24) is 0 Å². The monoisotopic (exact) mass is 252 g/mol. The Kier molecular flexibility index (Phi) is 2.95. The number of hydrogen-bond donors (Lipinski definition) is 1. The Labute approximate surface area is 112 Å². The van der Waals surface area contributed by atoms with E-state index in [9.17, 15) is 4.79 Å². The number of nitrogen functional groups attached to an aromatic ring is 1. The van der Waals surface area contributed by atoms with Gasteiger partial charge in [-0.15, -0.1) is 0 Å². The third-order valence-electron chi connectivity index (χ3n) is 3.58. The largest absolute Gasteiger partial charge is 0.398 e. The van der Waals surface area contributed by atoms with E-state index in [2.05, 4.69) is 6.07 Å². The van der Waals surface area contributed by atoms with Crippen molar-refractivity contribution < 1.29 is 4.79 Å². The molecule has 96 valence electrons. The van der Waals surface area contributed by atoms with E-state index in [1.807, 2.05) is 47.4 Å². The molecule has 1 heterocycles. The number of carbonyl (C=O) groups is 1. The smallest absolute Gasteiger partial charge is 0.231 e. The van der Waals surface area contributed by atoms with Crippen LogP contribution in [0.15, 0.2) is 48.5 Å². The van der Waals surface area contributed by atoms with Crippen LogP contribution < -0.4 is 10.6 Å². The second kappa shape index (κ2) is 4.76. The van der Waals surface area contributed by atoms with Gasteiger partial charge in [0.2, 0.25) is 5.91 Å². The molecule has 19 heavy (non-hydrogen) atoms. The summed E-state index contributed by atoms with van der Waals surface area (Å²) in [6.45, 7) is 0.769. The van der Waals surface area contributed by atoms with E-state index in [4.69, 9.17) is 5.73 Å². The third kappa shape index (κ3) is 2.19. The lowest BCUT2D eigenvalue weighted by Gasteiger charge is -2.17. The van der Waals surface area contributed by atoms with Gasteiger partial charge in [0.15, 0.2) is 0 Å². The molecule has 0 unspecified atom stereocenters. The summed E-state index contributed by atoms with van der Waals surface area (Å²) in [6, 6.07) is 15.6. The molecular formula is C16H16N2O. The van der Waals surface area contributed by atoms with Gasteiger partial charge in [-0.2, -0.15) is 0 Å². The lowest BCUT2D eigenvalue weighted by Crippen LogP contribution is -2.30. The first-order valence-electron chi connectivity index (χ1n) is 6.47. The molecule has 3 rings (SSSR count). The lowest BCUT2D eigenvalue weighted by atomic mass is 10.1. The molecule has 0 radical (unpaired) electrons. The van der Waals surface area contributed by atoms with Crippen LogP contribution in [0, 0.1) is 0 Å². The molecule has 1 aliphatic rings. The standard InChI is InChI=1S/C16H16N2O/c17-14-7-3-1-6-13(14)11-16(19)18-10-9-12-5-2-4-8-15(12)18/h1-8H,9-11,17H2. The molecule has 0 saturated heterocycles. The topological polar surface area (TPSA) is 46.3 Å². The maximum absolute atomic E-state index is 12.4. The average molecular weight is 252 g/mol. The van der Waals surface area contributed by atoms with Crippen LogP contribution in [0.25, 0.3) is 0 Å². The fourth-order valence-corrected chi connectivity index (χ4v) is 2.55. The second-order valence-electron chi connectivity index (χ2n) is 4.80. The Morgan fingerprint density at radius 2 is 1.84 bits per heavy atom. The predicted octanol–water partition coefficient (Wildman–Crippen LogP) is 2.40. The summed E-state index contributed by atoms with van der Waals surface area (Å²) in [4.78, 5) is 14.3. The molecule has 0 saturated carbocycles. The van der Waals surface area contributed by atoms with Crippen molar-refractivity contribution in [2.75, 3.05) is 17.2 Å². The molecule has 3 heteroatoms. The highest BCUT2D eigenvalue weighted by molar-refractivity contribution is 5.97. The average Bonchev–Trinajstić information content (AvgIpc) is 2.85. The molecule has 0 bridgehead atoms. The maximum Gasteiger partial charge on any atom is 0.231 e. The highest BCUT2D eigenvalue weighted by Gasteiger charge is 2.24. The van der Waals surface area contributed by atoms with Crippen molar-refractivity contribution in [3.63, 3.8) is 0 Å². The van der Waals surface area contributed by atoms with Crippen LogP contribution >= 0.6 is 0 Å². The normalized spacial score (nSPS) is 13.4. The zero-order chi connectivity index (χ0) is 13.2. The maximum atomic E-state index is 12.4. The van der Waals surface area contributed by atoms with E-state index in [1.54, 1.807) is 0 Å². The number of hydrogen-bond acceptors (Lipinski definition) is 2. The van der Waals surface area contributed by atoms with Gasteiger partial charge < -0.3 is 10.6 Å². The number of fused-ring (bicyclic) bond motifs is 1. The number of amides is 1. The molecule has 1 amide bonds. The van der Waals surface area contributed by atoms with Crippen LogP contribution in [-0.2, 0) is 17.6 Å². The van der Waals surface area contributed by atoms with Crippen LogP contribution in [0.3, 0.4) is 0 Å². The number of anilines is 2. The van der Waals surface area contributed by atoms with Gasteiger partial charge in [0.1, 0.15) is 0 Å².